The molecule has 0 saturated heterocycles. The molecule has 0 aliphatic rings. The van der Waals surface area contributed by atoms with Gasteiger partial charge in [-0.15, -0.1) is 0 Å². The summed E-state index contributed by atoms with van der Waals surface area (Å²) >= 11 is 0. The van der Waals surface area contributed by atoms with E-state index in [0.717, 1.165) is 5.56 Å². The van der Waals surface area contributed by atoms with Crippen LogP contribution in [0.4, 0.5) is 11.4 Å². The van der Waals surface area contributed by atoms with Gasteiger partial charge in [0, 0.05) is 17.6 Å². The summed E-state index contributed by atoms with van der Waals surface area (Å²) in [6.07, 6.45) is 2.76. The van der Waals surface area contributed by atoms with Crippen molar-refractivity contribution in [3.05, 3.63) is 59.7 Å². The van der Waals surface area contributed by atoms with Crippen LogP contribution in [0.2, 0.25) is 0 Å². The first-order valence-electron chi connectivity index (χ1n) is 6.36. The average Bonchev–Trinajstić information content (AvgIpc) is 3.05. The lowest BCUT2D eigenvalue weighted by atomic mass is 10.1. The van der Waals surface area contributed by atoms with E-state index in [9.17, 15) is 4.79 Å². The van der Waals surface area contributed by atoms with Gasteiger partial charge in [0.1, 0.15) is 17.7 Å². The molecule has 22 heavy (non-hydrogen) atoms. The summed E-state index contributed by atoms with van der Waals surface area (Å²) < 4.78 is 5.03. The van der Waals surface area contributed by atoms with Crippen LogP contribution in [0.15, 0.2) is 52.8 Å². The zero-order chi connectivity index (χ0) is 15.9. The van der Waals surface area contributed by atoms with Crippen LogP contribution in [0, 0.1) is 29.6 Å². The van der Waals surface area contributed by atoms with Crippen molar-refractivity contribution in [2.24, 2.45) is 0 Å². The van der Waals surface area contributed by atoms with Crippen molar-refractivity contribution in [3.8, 4) is 12.1 Å². The van der Waals surface area contributed by atoms with Crippen LogP contribution in [-0.2, 0) is 0 Å². The zero-order valence-electron chi connectivity index (χ0n) is 11.8. The van der Waals surface area contributed by atoms with Gasteiger partial charge in [-0.25, -0.2) is 0 Å². The standard InChI is InChI=1S/C16H12N4O2/c1-11-7-13(19-10-12(8-17)9-18)4-5-14(11)20-16(21)15-3-2-6-22-15/h2-7,10,19H,1H3,(H,20,21). The minimum absolute atomic E-state index is 0.0205. The number of aryl methyl sites for hydroxylation is 1. The molecule has 0 unspecified atom stereocenters. The molecule has 0 radical (unpaired) electrons. The van der Waals surface area contributed by atoms with E-state index in [1.54, 1.807) is 42.5 Å². The van der Waals surface area contributed by atoms with Crippen LogP contribution in [-0.4, -0.2) is 5.91 Å². The van der Waals surface area contributed by atoms with Gasteiger partial charge in [0.15, 0.2) is 5.76 Å². The van der Waals surface area contributed by atoms with Gasteiger partial charge in [0.25, 0.3) is 5.91 Å². The third-order valence-corrected chi connectivity index (χ3v) is 2.84. The molecule has 0 aliphatic heterocycles. The van der Waals surface area contributed by atoms with Crippen molar-refractivity contribution in [2.45, 2.75) is 6.92 Å². The number of amides is 1. The van der Waals surface area contributed by atoms with Crippen LogP contribution in [0.25, 0.3) is 0 Å². The fraction of sp³-hybridized carbons (Fsp3) is 0.0625. The number of nitrogens with zero attached hydrogens (tertiary/aromatic N) is 2. The Labute approximate surface area is 127 Å². The molecule has 2 aromatic rings. The molecular weight excluding hydrogens is 280 g/mol. The molecule has 0 fully saturated rings. The fourth-order valence-electron chi connectivity index (χ4n) is 1.73. The number of hydrogen-bond acceptors (Lipinski definition) is 5. The number of nitriles is 2. The molecule has 6 nitrogen and oxygen atoms in total. The van der Waals surface area contributed by atoms with Gasteiger partial charge in [-0.05, 0) is 42.8 Å². The largest absolute Gasteiger partial charge is 0.459 e. The number of anilines is 2. The Bertz CT molecular complexity index is 777. The number of carbonyl (C=O) groups excluding carboxylic acids is 1. The van der Waals surface area contributed by atoms with E-state index in [-0.39, 0.29) is 17.2 Å². The predicted octanol–water partition coefficient (Wildman–Crippen LogP) is 3.18. The maximum absolute atomic E-state index is 11.9. The summed E-state index contributed by atoms with van der Waals surface area (Å²) in [6.45, 7) is 1.84. The van der Waals surface area contributed by atoms with Crippen LogP contribution >= 0.6 is 0 Å². The Balaban J connectivity index is 2.10. The monoisotopic (exact) mass is 292 g/mol. The summed E-state index contributed by atoms with van der Waals surface area (Å²) in [5.74, 6) is -0.0952. The first kappa shape index (κ1) is 14.9. The molecule has 1 amide bonds. The quantitative estimate of drug-likeness (QED) is 0.842. The summed E-state index contributed by atoms with van der Waals surface area (Å²) in [5.41, 5.74) is 2.16. The second kappa shape index (κ2) is 6.78. The van der Waals surface area contributed by atoms with Crippen molar-refractivity contribution in [1.82, 2.24) is 0 Å². The third-order valence-electron chi connectivity index (χ3n) is 2.84. The normalized spacial score (nSPS) is 9.23. The Morgan fingerprint density at radius 3 is 2.64 bits per heavy atom. The van der Waals surface area contributed by atoms with Crippen molar-refractivity contribution in [2.75, 3.05) is 10.6 Å². The van der Waals surface area contributed by atoms with Crippen LogP contribution in [0.1, 0.15) is 16.1 Å². The van der Waals surface area contributed by atoms with Crippen molar-refractivity contribution in [1.29, 1.82) is 10.5 Å². The molecule has 0 spiro atoms. The molecule has 1 aromatic carbocycles. The number of rotatable bonds is 4. The maximum atomic E-state index is 11.9. The van der Waals surface area contributed by atoms with Crippen molar-refractivity contribution in [3.63, 3.8) is 0 Å². The highest BCUT2D eigenvalue weighted by atomic mass is 16.3. The van der Waals surface area contributed by atoms with E-state index in [4.69, 9.17) is 14.9 Å². The summed E-state index contributed by atoms with van der Waals surface area (Å²) in [6, 6.07) is 12.0. The maximum Gasteiger partial charge on any atom is 0.291 e. The Kier molecular flexibility index (Phi) is 4.59. The zero-order valence-corrected chi connectivity index (χ0v) is 11.8. The van der Waals surface area contributed by atoms with E-state index in [0.29, 0.717) is 11.4 Å². The molecule has 0 aliphatic carbocycles. The Morgan fingerprint density at radius 2 is 2.05 bits per heavy atom. The number of nitrogens with one attached hydrogen (secondary N) is 2. The smallest absolute Gasteiger partial charge is 0.291 e. The highest BCUT2D eigenvalue weighted by molar-refractivity contribution is 6.02. The molecule has 2 N–H and O–H groups in total. The van der Waals surface area contributed by atoms with Crippen LogP contribution < -0.4 is 10.6 Å². The van der Waals surface area contributed by atoms with Gasteiger partial charge in [-0.3, -0.25) is 4.79 Å². The third kappa shape index (κ3) is 3.53. The van der Waals surface area contributed by atoms with E-state index in [1.165, 1.54) is 12.5 Å². The highest BCUT2D eigenvalue weighted by Crippen LogP contribution is 2.20. The molecule has 108 valence electrons. The molecule has 0 bridgehead atoms. The molecule has 1 aromatic heterocycles. The van der Waals surface area contributed by atoms with Crippen LogP contribution in [0.5, 0.6) is 0 Å². The topological polar surface area (TPSA) is 102 Å². The van der Waals surface area contributed by atoms with Gasteiger partial charge in [-0.1, -0.05) is 0 Å². The number of hydrogen-bond donors (Lipinski definition) is 2. The predicted molar refractivity (Wildman–Crippen MR) is 80.8 cm³/mol. The van der Waals surface area contributed by atoms with Crippen LogP contribution in [0.3, 0.4) is 0 Å². The van der Waals surface area contributed by atoms with Crippen molar-refractivity contribution >= 4 is 17.3 Å². The Hall–Kier alpha value is -3.51. The molecule has 1 heterocycles. The van der Waals surface area contributed by atoms with Gasteiger partial charge >= 0.3 is 0 Å². The van der Waals surface area contributed by atoms with E-state index in [2.05, 4.69) is 10.6 Å². The van der Waals surface area contributed by atoms with Gasteiger partial charge in [0.2, 0.25) is 0 Å². The first-order valence-corrected chi connectivity index (χ1v) is 6.36. The average molecular weight is 292 g/mol. The van der Waals surface area contributed by atoms with E-state index in [1.807, 2.05) is 6.92 Å². The number of allylic oxidation sites excluding steroid dienone is 1. The fourth-order valence-corrected chi connectivity index (χ4v) is 1.73. The number of benzene rings is 1. The summed E-state index contributed by atoms with van der Waals surface area (Å²) in [5, 5.41) is 22.9. The Morgan fingerprint density at radius 1 is 1.27 bits per heavy atom. The summed E-state index contributed by atoms with van der Waals surface area (Å²) in [4.78, 5) is 11.9. The highest BCUT2D eigenvalue weighted by Gasteiger charge is 2.10. The number of carbonyl (C=O) groups is 1. The lowest BCUT2D eigenvalue weighted by Gasteiger charge is -2.09. The number of furan rings is 1. The second-order valence-corrected chi connectivity index (χ2v) is 4.39. The van der Waals surface area contributed by atoms with Gasteiger partial charge in [-0.2, -0.15) is 10.5 Å². The molecule has 0 atom stereocenters. The van der Waals surface area contributed by atoms with Gasteiger partial charge < -0.3 is 15.1 Å². The first-order chi connectivity index (χ1) is 10.6. The lowest BCUT2D eigenvalue weighted by molar-refractivity contribution is 0.0996. The molecule has 2 rings (SSSR count). The molecular formula is C16H12N4O2. The SMILES string of the molecule is Cc1cc(NC=C(C#N)C#N)ccc1NC(=O)c1ccco1. The van der Waals surface area contributed by atoms with E-state index >= 15 is 0 Å². The summed E-state index contributed by atoms with van der Waals surface area (Å²) in [7, 11) is 0. The van der Waals surface area contributed by atoms with E-state index < -0.39 is 0 Å². The molecule has 0 saturated carbocycles. The second-order valence-electron chi connectivity index (χ2n) is 4.39. The van der Waals surface area contributed by atoms with Gasteiger partial charge in [0.05, 0.1) is 6.26 Å². The minimum atomic E-state index is -0.329. The minimum Gasteiger partial charge on any atom is -0.459 e. The van der Waals surface area contributed by atoms with Crippen molar-refractivity contribution < 1.29 is 9.21 Å². The molecule has 6 heteroatoms. The lowest BCUT2D eigenvalue weighted by Crippen LogP contribution is -2.11.